The highest BCUT2D eigenvalue weighted by Gasteiger charge is 2.52. The number of aromatic nitrogens is 1. The molecule has 3 N–H and O–H groups in total. The molecular weight excluding hydrogens is 470 g/mol. The van der Waals surface area contributed by atoms with Crippen LogP contribution < -0.4 is 0 Å². The van der Waals surface area contributed by atoms with E-state index < -0.39 is 35.6 Å². The third-order valence-electron chi connectivity index (χ3n) is 7.62. The zero-order chi connectivity index (χ0) is 26.0. The highest BCUT2D eigenvalue weighted by atomic mass is 32.1. The number of fused-ring (bicyclic) bond motifs is 1. The van der Waals surface area contributed by atoms with Gasteiger partial charge in [-0.2, -0.15) is 0 Å². The first-order valence-corrected chi connectivity index (χ1v) is 13.3. The number of epoxide rings is 1. The molecule has 2 saturated heterocycles. The molecule has 3 rings (SSSR count). The molecular formula is C26H39NO7S. The second kappa shape index (κ2) is 11.2. The van der Waals surface area contributed by atoms with Gasteiger partial charge in [0.15, 0.2) is 0 Å². The van der Waals surface area contributed by atoms with E-state index in [1.54, 1.807) is 32.9 Å². The fourth-order valence-corrected chi connectivity index (χ4v) is 5.46. The predicted molar refractivity (Wildman–Crippen MR) is 132 cm³/mol. The number of hydrogen-bond acceptors (Lipinski definition) is 9. The number of hydrogen-bond donors (Lipinski definition) is 3. The van der Waals surface area contributed by atoms with Crippen molar-refractivity contribution in [3.05, 3.63) is 22.2 Å². The van der Waals surface area contributed by atoms with E-state index in [-0.39, 0.29) is 36.4 Å². The summed E-state index contributed by atoms with van der Waals surface area (Å²) in [5, 5.41) is 33.2. The van der Waals surface area contributed by atoms with Gasteiger partial charge in [-0.05, 0) is 37.8 Å². The van der Waals surface area contributed by atoms with Crippen molar-refractivity contribution in [2.24, 2.45) is 17.3 Å². The maximum absolute atomic E-state index is 13.2. The van der Waals surface area contributed by atoms with Gasteiger partial charge in [0.05, 0.1) is 48.0 Å². The fourth-order valence-electron chi connectivity index (χ4n) is 4.84. The zero-order valence-corrected chi connectivity index (χ0v) is 22.1. The molecule has 0 bridgehead atoms. The summed E-state index contributed by atoms with van der Waals surface area (Å²) in [6, 6.07) is 0. The lowest BCUT2D eigenvalue weighted by Gasteiger charge is -2.34. The molecule has 1 aromatic heterocycles. The second-order valence-electron chi connectivity index (χ2n) is 10.8. The fraction of sp³-hybridized carbons (Fsp3) is 0.731. The van der Waals surface area contributed by atoms with Crippen molar-refractivity contribution in [2.75, 3.05) is 0 Å². The average Bonchev–Trinajstić information content (AvgIpc) is 3.20. The van der Waals surface area contributed by atoms with Crippen LogP contribution in [0.1, 0.15) is 77.4 Å². The molecule has 2 aliphatic heterocycles. The molecule has 8 nitrogen and oxygen atoms in total. The lowest BCUT2D eigenvalue weighted by molar-refractivity contribution is -0.154. The molecule has 7 unspecified atom stereocenters. The number of carbonyl (C=O) groups excluding carboxylic acids is 2. The number of rotatable bonds is 3. The largest absolute Gasteiger partial charge is 0.458 e. The number of ether oxygens (including phenoxy) is 2. The first-order chi connectivity index (χ1) is 16.4. The topological polar surface area (TPSA) is 129 Å². The minimum absolute atomic E-state index is 0.0802. The van der Waals surface area contributed by atoms with Crippen LogP contribution in [-0.4, -0.2) is 62.1 Å². The number of carbonyl (C=O) groups is 2. The van der Waals surface area contributed by atoms with Crippen molar-refractivity contribution in [2.45, 2.75) is 103 Å². The highest BCUT2D eigenvalue weighted by Crippen LogP contribution is 2.44. The lowest BCUT2D eigenvalue weighted by atomic mass is 9.73. The second-order valence-corrected chi connectivity index (χ2v) is 11.8. The molecule has 0 aliphatic carbocycles. The quantitative estimate of drug-likeness (QED) is 0.418. The van der Waals surface area contributed by atoms with Crippen molar-refractivity contribution in [1.29, 1.82) is 0 Å². The smallest absolute Gasteiger partial charge is 0.309 e. The van der Waals surface area contributed by atoms with Crippen LogP contribution >= 0.6 is 11.3 Å². The summed E-state index contributed by atoms with van der Waals surface area (Å²) in [4.78, 5) is 30.2. The van der Waals surface area contributed by atoms with Crippen molar-refractivity contribution in [3.63, 3.8) is 0 Å². The van der Waals surface area contributed by atoms with Crippen LogP contribution in [0.5, 0.6) is 0 Å². The predicted octanol–water partition coefficient (Wildman–Crippen LogP) is 3.27. The van der Waals surface area contributed by atoms with Crippen molar-refractivity contribution in [3.8, 4) is 0 Å². The Bertz CT molecular complexity index is 929. The van der Waals surface area contributed by atoms with E-state index in [9.17, 15) is 24.9 Å². The van der Waals surface area contributed by atoms with E-state index in [1.807, 2.05) is 19.2 Å². The number of ketones is 1. The number of Topliss-reactive ketones (excluding diaryl/α,β-unsaturated/α-hetero) is 1. The molecule has 2 fully saturated rings. The summed E-state index contributed by atoms with van der Waals surface area (Å²) in [5.41, 5.74) is -0.885. The maximum Gasteiger partial charge on any atom is 0.309 e. The van der Waals surface area contributed by atoms with E-state index in [4.69, 9.17) is 9.47 Å². The monoisotopic (exact) mass is 509 g/mol. The molecule has 0 radical (unpaired) electrons. The molecule has 1 aromatic rings. The van der Waals surface area contributed by atoms with Crippen molar-refractivity contribution >= 4 is 29.2 Å². The van der Waals surface area contributed by atoms with Crippen molar-refractivity contribution in [1.82, 2.24) is 4.98 Å². The molecule has 0 aromatic carbocycles. The highest BCUT2D eigenvalue weighted by molar-refractivity contribution is 7.09. The Morgan fingerprint density at radius 3 is 2.60 bits per heavy atom. The van der Waals surface area contributed by atoms with E-state index in [1.165, 1.54) is 11.3 Å². The normalized spacial score (nSPS) is 37.1. The Kier molecular flexibility index (Phi) is 8.91. The molecule has 3 heterocycles. The van der Waals surface area contributed by atoms with Crippen LogP contribution in [0.4, 0.5) is 0 Å². The van der Waals surface area contributed by atoms with Gasteiger partial charge in [-0.25, -0.2) is 4.98 Å². The molecule has 2 aliphatic rings. The summed E-state index contributed by atoms with van der Waals surface area (Å²) in [6.07, 6.45) is 3.27. The van der Waals surface area contributed by atoms with Gasteiger partial charge in [0.2, 0.25) is 0 Å². The Morgan fingerprint density at radius 1 is 1.23 bits per heavy atom. The summed E-state index contributed by atoms with van der Waals surface area (Å²) >= 11 is 1.34. The number of esters is 1. The minimum atomic E-state index is -1.25. The van der Waals surface area contributed by atoms with Gasteiger partial charge in [-0.15, -0.1) is 11.3 Å². The number of cyclic esters (lactones) is 1. The molecule has 0 spiro atoms. The van der Waals surface area contributed by atoms with Gasteiger partial charge in [-0.1, -0.05) is 34.1 Å². The van der Waals surface area contributed by atoms with E-state index in [0.717, 1.165) is 19.3 Å². The van der Waals surface area contributed by atoms with Gasteiger partial charge in [0.1, 0.15) is 16.9 Å². The Hall–Kier alpha value is -1.65. The summed E-state index contributed by atoms with van der Waals surface area (Å²) in [6.45, 7) is 8.73. The van der Waals surface area contributed by atoms with Crippen LogP contribution in [0, 0.1) is 17.3 Å². The minimum Gasteiger partial charge on any atom is -0.458 e. The number of thiazole rings is 1. The Balaban J connectivity index is 1.80. The summed E-state index contributed by atoms with van der Waals surface area (Å²) < 4.78 is 11.7. The van der Waals surface area contributed by atoms with Gasteiger partial charge in [-0.3, -0.25) is 9.59 Å². The van der Waals surface area contributed by atoms with E-state index >= 15 is 0 Å². The summed E-state index contributed by atoms with van der Waals surface area (Å²) in [7, 11) is 0. The average molecular weight is 510 g/mol. The zero-order valence-electron chi connectivity index (χ0n) is 21.3. The van der Waals surface area contributed by atoms with Gasteiger partial charge in [0, 0.05) is 17.7 Å². The maximum atomic E-state index is 13.2. The van der Waals surface area contributed by atoms with Crippen molar-refractivity contribution < 1.29 is 34.4 Å². The molecule has 9 heteroatoms. The van der Waals surface area contributed by atoms with Crippen LogP contribution in [0.2, 0.25) is 0 Å². The first-order valence-electron chi connectivity index (χ1n) is 12.4. The molecule has 35 heavy (non-hydrogen) atoms. The number of nitrogens with zero attached hydrogens (tertiary/aromatic N) is 1. The molecule has 7 atom stereocenters. The molecule has 0 amide bonds. The third kappa shape index (κ3) is 6.77. The summed E-state index contributed by atoms with van der Waals surface area (Å²) in [5.74, 6) is -1.64. The lowest BCUT2D eigenvalue weighted by Crippen LogP contribution is -2.45. The van der Waals surface area contributed by atoms with Crippen LogP contribution in [-0.2, 0) is 25.7 Å². The standard InChI is InChI=1S/C26H39NO7S/c1-15-7-6-10-26(5)20(34-26)11-18(9-8-17-14-35-21(13-28)27-17)33-22(30)12-19(29)25(3,4)24(32)16(2)23(15)31/h8-9,14-16,18-20,23,28-29,31H,6-7,10-13H2,1-5H3. The van der Waals surface area contributed by atoms with E-state index in [2.05, 4.69) is 4.98 Å². The molecule has 196 valence electrons. The van der Waals surface area contributed by atoms with Crippen LogP contribution in [0.25, 0.3) is 6.08 Å². The SMILES string of the molecule is CC1CCCC2(C)OC2CC(C=Cc2csc(CO)n2)OC(=O)CC(O)C(C)(C)C(=O)C(C)C1O. The van der Waals surface area contributed by atoms with Crippen LogP contribution in [0.3, 0.4) is 0 Å². The Labute approximate surface area is 211 Å². The Morgan fingerprint density at radius 2 is 1.94 bits per heavy atom. The molecule has 0 saturated carbocycles. The van der Waals surface area contributed by atoms with Gasteiger partial charge >= 0.3 is 5.97 Å². The number of aliphatic hydroxyl groups is 3. The van der Waals surface area contributed by atoms with Crippen LogP contribution in [0.15, 0.2) is 11.5 Å². The first kappa shape index (κ1) is 27.9. The van der Waals surface area contributed by atoms with E-state index in [0.29, 0.717) is 17.1 Å². The van der Waals surface area contributed by atoms with Gasteiger partial charge in [0.25, 0.3) is 0 Å². The van der Waals surface area contributed by atoms with Gasteiger partial charge < -0.3 is 24.8 Å². The third-order valence-corrected chi connectivity index (χ3v) is 8.47. The number of aliphatic hydroxyl groups excluding tert-OH is 3.